The summed E-state index contributed by atoms with van der Waals surface area (Å²) in [5.41, 5.74) is 1.25. The Hall–Kier alpha value is -2.46. The molecule has 0 N–H and O–H groups in total. The smallest absolute Gasteiger partial charge is 0.340 e. The number of hydrogen-bond donors (Lipinski definition) is 0. The van der Waals surface area contributed by atoms with Crippen molar-refractivity contribution in [1.29, 1.82) is 0 Å². The number of nitrogens with zero attached hydrogens (tertiary/aromatic N) is 3. The molecule has 0 aromatic carbocycles. The Morgan fingerprint density at radius 1 is 1.38 bits per heavy atom. The molecule has 26 heavy (non-hydrogen) atoms. The van der Waals surface area contributed by atoms with Gasteiger partial charge in [-0.1, -0.05) is 0 Å². The SMILES string of the molecule is CN(Cc1ccsc1)C(=O)COC(=O)C1=CN2CCS(=O)(=O)N=C2C=C1. The van der Waals surface area contributed by atoms with Crippen molar-refractivity contribution in [3.63, 3.8) is 0 Å². The van der Waals surface area contributed by atoms with Crippen LogP contribution in [0.15, 0.2) is 45.1 Å². The summed E-state index contributed by atoms with van der Waals surface area (Å²) in [5, 5.41) is 3.88. The molecule has 10 heteroatoms. The summed E-state index contributed by atoms with van der Waals surface area (Å²) in [5.74, 6) is -0.809. The maximum atomic E-state index is 12.1. The number of amidine groups is 1. The predicted molar refractivity (Wildman–Crippen MR) is 96.9 cm³/mol. The predicted octanol–water partition coefficient (Wildman–Crippen LogP) is 0.747. The topological polar surface area (TPSA) is 96.4 Å². The highest BCUT2D eigenvalue weighted by Crippen LogP contribution is 2.16. The van der Waals surface area contributed by atoms with Gasteiger partial charge in [-0.15, -0.1) is 4.40 Å². The first-order chi connectivity index (χ1) is 12.3. The Kier molecular flexibility index (Phi) is 5.23. The number of rotatable bonds is 5. The van der Waals surface area contributed by atoms with E-state index in [0.717, 1.165) is 5.56 Å². The van der Waals surface area contributed by atoms with Gasteiger partial charge in [-0.2, -0.15) is 11.3 Å². The summed E-state index contributed by atoms with van der Waals surface area (Å²) in [6, 6.07) is 1.93. The molecule has 0 unspecified atom stereocenters. The average Bonchev–Trinajstić information content (AvgIpc) is 3.11. The van der Waals surface area contributed by atoms with Gasteiger partial charge in [0.15, 0.2) is 6.61 Å². The van der Waals surface area contributed by atoms with Crippen molar-refractivity contribution >= 4 is 39.1 Å². The lowest BCUT2D eigenvalue weighted by molar-refractivity contribution is -0.148. The largest absolute Gasteiger partial charge is 0.452 e. The molecule has 1 aromatic heterocycles. The van der Waals surface area contributed by atoms with E-state index in [9.17, 15) is 18.0 Å². The van der Waals surface area contributed by atoms with E-state index >= 15 is 0 Å². The number of ether oxygens (including phenoxy) is 1. The van der Waals surface area contributed by atoms with E-state index in [2.05, 4.69) is 4.40 Å². The lowest BCUT2D eigenvalue weighted by Gasteiger charge is -2.26. The number of carbonyl (C=O) groups excluding carboxylic acids is 2. The molecule has 0 atom stereocenters. The lowest BCUT2D eigenvalue weighted by Crippen LogP contribution is -2.37. The van der Waals surface area contributed by atoms with Crippen LogP contribution < -0.4 is 0 Å². The van der Waals surface area contributed by atoms with Gasteiger partial charge in [-0.3, -0.25) is 4.79 Å². The number of sulfonamides is 1. The third-order valence-electron chi connectivity index (χ3n) is 3.81. The molecule has 0 saturated carbocycles. The van der Waals surface area contributed by atoms with E-state index in [0.29, 0.717) is 6.54 Å². The monoisotopic (exact) mass is 395 g/mol. The van der Waals surface area contributed by atoms with Crippen molar-refractivity contribution in [2.75, 3.05) is 26.0 Å². The number of carbonyl (C=O) groups is 2. The molecule has 0 fully saturated rings. The zero-order valence-electron chi connectivity index (χ0n) is 14.0. The molecule has 0 bridgehead atoms. The minimum absolute atomic E-state index is 0.116. The van der Waals surface area contributed by atoms with Gasteiger partial charge in [0.05, 0.1) is 11.3 Å². The fourth-order valence-electron chi connectivity index (χ4n) is 2.39. The Labute approximate surface area is 155 Å². The summed E-state index contributed by atoms with van der Waals surface area (Å²) in [6.45, 7) is 0.301. The molecule has 1 aromatic rings. The molecule has 3 heterocycles. The van der Waals surface area contributed by atoms with Crippen LogP contribution in [0.1, 0.15) is 5.56 Å². The highest BCUT2D eigenvalue weighted by atomic mass is 32.2. The minimum Gasteiger partial charge on any atom is -0.452 e. The van der Waals surface area contributed by atoms with Gasteiger partial charge in [0, 0.05) is 26.3 Å². The molecule has 1 amide bonds. The third-order valence-corrected chi connectivity index (χ3v) is 5.71. The summed E-state index contributed by atoms with van der Waals surface area (Å²) < 4.78 is 31.7. The lowest BCUT2D eigenvalue weighted by atomic mass is 10.2. The van der Waals surface area contributed by atoms with Gasteiger partial charge in [0.25, 0.3) is 15.9 Å². The first-order valence-corrected chi connectivity index (χ1v) is 10.3. The van der Waals surface area contributed by atoms with Crippen LogP contribution in [-0.2, 0) is 30.9 Å². The van der Waals surface area contributed by atoms with Crippen LogP contribution in [0.2, 0.25) is 0 Å². The molecule has 2 aliphatic rings. The molecule has 0 aliphatic carbocycles. The van der Waals surface area contributed by atoms with Crippen LogP contribution in [0.25, 0.3) is 0 Å². The maximum absolute atomic E-state index is 12.1. The highest BCUT2D eigenvalue weighted by Gasteiger charge is 2.25. The van der Waals surface area contributed by atoms with Crippen molar-refractivity contribution in [1.82, 2.24) is 9.80 Å². The van der Waals surface area contributed by atoms with Gasteiger partial charge in [-0.25, -0.2) is 13.2 Å². The molecular formula is C16H17N3O5S2. The van der Waals surface area contributed by atoms with E-state index in [1.165, 1.54) is 23.3 Å². The van der Waals surface area contributed by atoms with Crippen LogP contribution in [-0.4, -0.2) is 61.9 Å². The highest BCUT2D eigenvalue weighted by molar-refractivity contribution is 7.90. The van der Waals surface area contributed by atoms with Crippen molar-refractivity contribution in [2.24, 2.45) is 4.40 Å². The average molecular weight is 395 g/mol. The summed E-state index contributed by atoms with van der Waals surface area (Å²) >= 11 is 1.55. The Morgan fingerprint density at radius 3 is 2.92 bits per heavy atom. The van der Waals surface area contributed by atoms with Gasteiger partial charge < -0.3 is 14.5 Å². The maximum Gasteiger partial charge on any atom is 0.340 e. The number of hydrogen-bond acceptors (Lipinski definition) is 7. The minimum atomic E-state index is -3.44. The zero-order chi connectivity index (χ0) is 18.7. The Morgan fingerprint density at radius 2 is 2.19 bits per heavy atom. The van der Waals surface area contributed by atoms with Gasteiger partial charge in [0.2, 0.25) is 0 Å². The zero-order valence-corrected chi connectivity index (χ0v) is 15.6. The van der Waals surface area contributed by atoms with Crippen LogP contribution in [0.4, 0.5) is 0 Å². The number of fused-ring (bicyclic) bond motifs is 1. The molecule has 2 aliphatic heterocycles. The number of amides is 1. The Balaban J connectivity index is 1.55. The first kappa shape index (κ1) is 18.3. The third kappa shape index (κ3) is 4.38. The van der Waals surface area contributed by atoms with Crippen LogP contribution in [0.5, 0.6) is 0 Å². The normalized spacial score (nSPS) is 17.8. The quantitative estimate of drug-likeness (QED) is 0.683. The van der Waals surface area contributed by atoms with Crippen molar-refractivity contribution < 1.29 is 22.7 Å². The van der Waals surface area contributed by atoms with E-state index in [-0.39, 0.29) is 36.2 Å². The second kappa shape index (κ2) is 7.42. The Bertz CT molecular complexity index is 900. The number of likely N-dealkylation sites (N-methyl/N-ethyl adjacent to an activating group) is 1. The molecule has 8 nitrogen and oxygen atoms in total. The van der Waals surface area contributed by atoms with E-state index in [1.807, 2.05) is 16.8 Å². The second-order valence-electron chi connectivity index (χ2n) is 5.80. The number of thiophene rings is 1. The van der Waals surface area contributed by atoms with Crippen molar-refractivity contribution in [2.45, 2.75) is 6.54 Å². The van der Waals surface area contributed by atoms with Gasteiger partial charge in [0.1, 0.15) is 5.84 Å². The van der Waals surface area contributed by atoms with E-state index in [4.69, 9.17) is 4.74 Å². The van der Waals surface area contributed by atoms with Crippen LogP contribution >= 0.6 is 11.3 Å². The first-order valence-electron chi connectivity index (χ1n) is 7.75. The number of esters is 1. The van der Waals surface area contributed by atoms with E-state index < -0.39 is 16.0 Å². The van der Waals surface area contributed by atoms with Crippen LogP contribution in [0, 0.1) is 0 Å². The summed E-state index contributed by atoms with van der Waals surface area (Å²) in [7, 11) is -1.80. The van der Waals surface area contributed by atoms with Crippen molar-refractivity contribution in [3.8, 4) is 0 Å². The van der Waals surface area contributed by atoms with Crippen LogP contribution in [0.3, 0.4) is 0 Å². The second-order valence-corrected chi connectivity index (χ2v) is 8.34. The fraction of sp³-hybridized carbons (Fsp3) is 0.312. The molecule has 0 saturated heterocycles. The fourth-order valence-corrected chi connectivity index (χ4v) is 4.02. The molecule has 3 rings (SSSR count). The standard InChI is InChI=1S/C16H17N3O5S2/c1-18(8-12-4-6-25-11-12)15(20)10-24-16(21)13-2-3-14-17-26(22,23)7-5-19(14)9-13/h2-4,6,9,11H,5,7-8,10H2,1H3. The molecule has 138 valence electrons. The molecule has 0 spiro atoms. The van der Waals surface area contributed by atoms with Crippen molar-refractivity contribution in [3.05, 3.63) is 46.3 Å². The molecule has 0 radical (unpaired) electrons. The van der Waals surface area contributed by atoms with Gasteiger partial charge >= 0.3 is 5.97 Å². The summed E-state index contributed by atoms with van der Waals surface area (Å²) in [4.78, 5) is 27.3. The van der Waals surface area contributed by atoms with E-state index in [1.54, 1.807) is 23.3 Å². The summed E-state index contributed by atoms with van der Waals surface area (Å²) in [6.07, 6.45) is 4.35. The van der Waals surface area contributed by atoms with Gasteiger partial charge in [-0.05, 0) is 34.5 Å². The molecular weight excluding hydrogens is 378 g/mol.